The van der Waals surface area contributed by atoms with Crippen molar-refractivity contribution >= 4 is 5.78 Å². The minimum Gasteiger partial charge on any atom is -0.278 e. The van der Waals surface area contributed by atoms with Crippen LogP contribution in [0.1, 0.15) is 25.5 Å². The fourth-order valence-electron chi connectivity index (χ4n) is 1.35. The van der Waals surface area contributed by atoms with E-state index in [2.05, 4.69) is 22.0 Å². The van der Waals surface area contributed by atoms with Gasteiger partial charge in [-0.05, 0) is 12.8 Å². The maximum atomic E-state index is 11.5. The van der Waals surface area contributed by atoms with Gasteiger partial charge in [0.05, 0.1) is 5.69 Å². The second-order valence-electron chi connectivity index (χ2n) is 3.21. The lowest BCUT2D eigenvalue weighted by Gasteiger charge is -1.97. The van der Waals surface area contributed by atoms with Crippen LogP contribution in [0.4, 0.5) is 0 Å². The molecule has 0 radical (unpaired) electrons. The molecule has 0 spiro atoms. The third-order valence-electron chi connectivity index (χ3n) is 2.11. The quantitative estimate of drug-likeness (QED) is 0.780. The number of nitrogens with one attached hydrogen (secondary N) is 1. The maximum Gasteiger partial charge on any atom is 0.274 e. The van der Waals surface area contributed by atoms with Crippen LogP contribution in [0.3, 0.4) is 0 Å². The van der Waals surface area contributed by atoms with E-state index in [1.165, 1.54) is 10.8 Å². The van der Waals surface area contributed by atoms with E-state index in [9.17, 15) is 4.79 Å². The molecule has 0 amide bonds. The molecule has 0 aliphatic rings. The van der Waals surface area contributed by atoms with Gasteiger partial charge in [0.25, 0.3) is 11.3 Å². The average molecular weight is 192 g/mol. The molecule has 2 heterocycles. The van der Waals surface area contributed by atoms with Crippen LogP contribution in [0, 0.1) is 0 Å². The first-order valence-corrected chi connectivity index (χ1v) is 4.73. The zero-order chi connectivity index (χ0) is 9.97. The molecule has 5 heteroatoms. The highest BCUT2D eigenvalue weighted by Gasteiger charge is 2.02. The first-order valence-electron chi connectivity index (χ1n) is 4.73. The SMILES string of the molecule is CCCCc1cc(=O)n2[nH]cnc2n1. The van der Waals surface area contributed by atoms with Gasteiger partial charge in [-0.1, -0.05) is 13.3 Å². The molecule has 0 aliphatic carbocycles. The van der Waals surface area contributed by atoms with E-state index < -0.39 is 0 Å². The normalized spacial score (nSPS) is 10.9. The predicted molar refractivity (Wildman–Crippen MR) is 52.2 cm³/mol. The Hall–Kier alpha value is -1.65. The molecule has 0 saturated heterocycles. The third kappa shape index (κ3) is 1.53. The Balaban J connectivity index is 2.43. The molecule has 1 N–H and O–H groups in total. The van der Waals surface area contributed by atoms with Crippen molar-refractivity contribution in [3.8, 4) is 0 Å². The Morgan fingerprint density at radius 3 is 3.21 bits per heavy atom. The number of rotatable bonds is 3. The minimum atomic E-state index is -0.0985. The number of aromatic amines is 1. The van der Waals surface area contributed by atoms with Gasteiger partial charge in [-0.15, -0.1) is 0 Å². The number of fused-ring (bicyclic) bond motifs is 1. The summed E-state index contributed by atoms with van der Waals surface area (Å²) in [6.07, 6.45) is 4.46. The number of hydrogen-bond donors (Lipinski definition) is 1. The van der Waals surface area contributed by atoms with Crippen LogP contribution in [0.25, 0.3) is 5.78 Å². The Morgan fingerprint density at radius 1 is 1.57 bits per heavy atom. The molecule has 2 aromatic rings. The summed E-state index contributed by atoms with van der Waals surface area (Å²) in [4.78, 5) is 19.7. The number of nitrogens with zero attached hydrogens (tertiary/aromatic N) is 3. The van der Waals surface area contributed by atoms with E-state index in [1.54, 1.807) is 6.07 Å². The van der Waals surface area contributed by atoms with Crippen molar-refractivity contribution in [3.63, 3.8) is 0 Å². The molecule has 74 valence electrons. The van der Waals surface area contributed by atoms with Crippen molar-refractivity contribution in [2.75, 3.05) is 0 Å². The fraction of sp³-hybridized carbons (Fsp3) is 0.444. The Bertz CT molecular complexity index is 485. The lowest BCUT2D eigenvalue weighted by atomic mass is 10.2. The standard InChI is InChI=1S/C9H12N4O/c1-2-3-4-7-5-8(14)13-9(12-7)10-6-11-13/h5-6H,2-4H2,1H3,(H,10,11,12). The smallest absolute Gasteiger partial charge is 0.274 e. The number of aryl methyl sites for hydroxylation is 1. The third-order valence-corrected chi connectivity index (χ3v) is 2.11. The molecule has 0 aromatic carbocycles. The first-order chi connectivity index (χ1) is 6.81. The van der Waals surface area contributed by atoms with Gasteiger partial charge in [-0.3, -0.25) is 9.89 Å². The largest absolute Gasteiger partial charge is 0.278 e. The van der Waals surface area contributed by atoms with Crippen LogP contribution in [-0.4, -0.2) is 19.6 Å². The summed E-state index contributed by atoms with van der Waals surface area (Å²) in [6, 6.07) is 1.56. The zero-order valence-electron chi connectivity index (χ0n) is 8.03. The molecule has 0 aliphatic heterocycles. The second kappa shape index (κ2) is 3.61. The van der Waals surface area contributed by atoms with Crippen molar-refractivity contribution in [2.24, 2.45) is 0 Å². The lowest BCUT2D eigenvalue weighted by molar-refractivity contribution is 0.766. The van der Waals surface area contributed by atoms with Gasteiger partial charge in [0.2, 0.25) is 0 Å². The summed E-state index contributed by atoms with van der Waals surface area (Å²) in [7, 11) is 0. The van der Waals surface area contributed by atoms with Crippen molar-refractivity contribution in [2.45, 2.75) is 26.2 Å². The van der Waals surface area contributed by atoms with Gasteiger partial charge in [-0.25, -0.2) is 9.97 Å². The molecule has 0 atom stereocenters. The summed E-state index contributed by atoms with van der Waals surface area (Å²) >= 11 is 0. The van der Waals surface area contributed by atoms with Crippen LogP contribution in [0.2, 0.25) is 0 Å². The Labute approximate surface area is 80.8 Å². The van der Waals surface area contributed by atoms with Crippen LogP contribution in [0.15, 0.2) is 17.2 Å². The molecule has 2 aromatic heterocycles. The number of aromatic nitrogens is 4. The van der Waals surface area contributed by atoms with Crippen LogP contribution in [-0.2, 0) is 6.42 Å². The predicted octanol–water partition coefficient (Wildman–Crippen LogP) is 0.760. The molecule has 2 rings (SSSR count). The van der Waals surface area contributed by atoms with E-state index in [1.807, 2.05) is 0 Å². The highest BCUT2D eigenvalue weighted by molar-refractivity contribution is 5.25. The van der Waals surface area contributed by atoms with Crippen molar-refractivity contribution in [3.05, 3.63) is 28.4 Å². The van der Waals surface area contributed by atoms with E-state index in [-0.39, 0.29) is 5.56 Å². The summed E-state index contributed by atoms with van der Waals surface area (Å²) in [5.41, 5.74) is 0.725. The fourth-order valence-corrected chi connectivity index (χ4v) is 1.35. The van der Waals surface area contributed by atoms with Crippen LogP contribution >= 0.6 is 0 Å². The Kier molecular flexibility index (Phi) is 2.30. The van der Waals surface area contributed by atoms with Gasteiger partial charge in [0, 0.05) is 6.07 Å². The molecule has 0 saturated carbocycles. The second-order valence-corrected chi connectivity index (χ2v) is 3.21. The van der Waals surface area contributed by atoms with Gasteiger partial charge >= 0.3 is 0 Å². The maximum absolute atomic E-state index is 11.5. The molecule has 0 unspecified atom stereocenters. The average Bonchev–Trinajstić information content (AvgIpc) is 2.63. The molecule has 0 fully saturated rings. The van der Waals surface area contributed by atoms with E-state index in [0.717, 1.165) is 25.0 Å². The number of hydrogen-bond acceptors (Lipinski definition) is 3. The van der Waals surface area contributed by atoms with Gasteiger partial charge in [-0.2, -0.15) is 4.52 Å². The Morgan fingerprint density at radius 2 is 2.43 bits per heavy atom. The molecule has 5 nitrogen and oxygen atoms in total. The number of unbranched alkanes of at least 4 members (excludes halogenated alkanes) is 1. The summed E-state index contributed by atoms with van der Waals surface area (Å²) < 4.78 is 1.33. The summed E-state index contributed by atoms with van der Waals surface area (Å²) in [6.45, 7) is 2.11. The zero-order valence-corrected chi connectivity index (χ0v) is 8.03. The van der Waals surface area contributed by atoms with Crippen LogP contribution in [0.5, 0.6) is 0 Å². The first kappa shape index (κ1) is 8.93. The minimum absolute atomic E-state index is 0.0985. The van der Waals surface area contributed by atoms with Gasteiger partial charge < -0.3 is 0 Å². The summed E-state index contributed by atoms with van der Waals surface area (Å²) in [5, 5.41) is 2.70. The van der Waals surface area contributed by atoms with Crippen molar-refractivity contribution < 1.29 is 0 Å². The van der Waals surface area contributed by atoms with Crippen molar-refractivity contribution in [1.82, 2.24) is 19.6 Å². The summed E-state index contributed by atoms with van der Waals surface area (Å²) in [5.74, 6) is 0.448. The molecule has 14 heavy (non-hydrogen) atoms. The van der Waals surface area contributed by atoms with Crippen LogP contribution < -0.4 is 5.56 Å². The monoisotopic (exact) mass is 192 g/mol. The number of H-pyrrole nitrogens is 1. The molecular formula is C9H12N4O. The van der Waals surface area contributed by atoms with Crippen molar-refractivity contribution in [1.29, 1.82) is 0 Å². The molecule has 0 bridgehead atoms. The van der Waals surface area contributed by atoms with Gasteiger partial charge in [0.15, 0.2) is 0 Å². The lowest BCUT2D eigenvalue weighted by Crippen LogP contribution is -2.15. The molecular weight excluding hydrogens is 180 g/mol. The van der Waals surface area contributed by atoms with E-state index >= 15 is 0 Å². The highest BCUT2D eigenvalue weighted by Crippen LogP contribution is 2.00. The van der Waals surface area contributed by atoms with Gasteiger partial charge in [0.1, 0.15) is 6.33 Å². The van der Waals surface area contributed by atoms with E-state index in [0.29, 0.717) is 5.78 Å². The highest BCUT2D eigenvalue weighted by atomic mass is 16.1. The van der Waals surface area contributed by atoms with E-state index in [4.69, 9.17) is 0 Å². The topological polar surface area (TPSA) is 63.0 Å².